The van der Waals surface area contributed by atoms with E-state index in [9.17, 15) is 4.79 Å². The zero-order chi connectivity index (χ0) is 22.5. The molecule has 0 atom stereocenters. The summed E-state index contributed by atoms with van der Waals surface area (Å²) in [5.74, 6) is 1.80. The number of nitrogens with zero attached hydrogens (tertiary/aromatic N) is 4. The molecule has 3 aromatic rings. The highest BCUT2D eigenvalue weighted by Gasteiger charge is 2.23. The number of anilines is 1. The molecule has 1 aliphatic rings. The fourth-order valence-corrected chi connectivity index (χ4v) is 4.23. The molecule has 1 N–H and O–H groups in total. The van der Waals surface area contributed by atoms with Crippen molar-refractivity contribution in [3.63, 3.8) is 0 Å². The SMILES string of the molecule is CCOc1ccccc1N1CCN(C(=O)CCn2c(-c3ccc(C)cc3)n[nH]c2=S)CC1. The first-order valence-electron chi connectivity index (χ1n) is 11.0. The fourth-order valence-electron chi connectivity index (χ4n) is 4.01. The molecular formula is C24H29N5O2S. The summed E-state index contributed by atoms with van der Waals surface area (Å²) in [5.41, 5.74) is 3.26. The Morgan fingerprint density at radius 2 is 1.81 bits per heavy atom. The van der Waals surface area contributed by atoms with Gasteiger partial charge in [-0.2, -0.15) is 5.10 Å². The monoisotopic (exact) mass is 451 g/mol. The summed E-state index contributed by atoms with van der Waals surface area (Å²) >= 11 is 5.41. The summed E-state index contributed by atoms with van der Waals surface area (Å²) in [7, 11) is 0. The van der Waals surface area contributed by atoms with E-state index in [1.165, 1.54) is 5.56 Å². The van der Waals surface area contributed by atoms with Crippen LogP contribution in [0.15, 0.2) is 48.5 Å². The Balaban J connectivity index is 1.36. The summed E-state index contributed by atoms with van der Waals surface area (Å²) in [4.78, 5) is 17.1. The number of benzene rings is 2. The van der Waals surface area contributed by atoms with Crippen molar-refractivity contribution in [2.75, 3.05) is 37.7 Å². The molecule has 32 heavy (non-hydrogen) atoms. The minimum atomic E-state index is 0.140. The number of carbonyl (C=O) groups is 1. The molecule has 1 fully saturated rings. The van der Waals surface area contributed by atoms with Crippen LogP contribution in [0, 0.1) is 11.7 Å². The second-order valence-electron chi connectivity index (χ2n) is 7.89. The van der Waals surface area contributed by atoms with E-state index in [0.717, 1.165) is 35.9 Å². The molecule has 0 unspecified atom stereocenters. The molecule has 1 aliphatic heterocycles. The molecule has 0 radical (unpaired) electrons. The first-order valence-corrected chi connectivity index (χ1v) is 11.4. The first kappa shape index (κ1) is 22.1. The maximum atomic E-state index is 12.9. The van der Waals surface area contributed by atoms with Crippen LogP contribution in [-0.4, -0.2) is 58.4 Å². The number of nitrogens with one attached hydrogen (secondary N) is 1. The highest BCUT2D eigenvalue weighted by molar-refractivity contribution is 7.71. The van der Waals surface area contributed by atoms with Gasteiger partial charge in [-0.25, -0.2) is 0 Å². The number of aromatic nitrogens is 3. The third kappa shape index (κ3) is 4.85. The van der Waals surface area contributed by atoms with Crippen LogP contribution in [0.4, 0.5) is 5.69 Å². The van der Waals surface area contributed by atoms with Gasteiger partial charge in [0.2, 0.25) is 5.91 Å². The van der Waals surface area contributed by atoms with E-state index in [0.29, 0.717) is 37.4 Å². The molecule has 0 bridgehead atoms. The third-order valence-electron chi connectivity index (χ3n) is 5.76. The van der Waals surface area contributed by atoms with E-state index in [2.05, 4.69) is 28.1 Å². The molecule has 2 aromatic carbocycles. The van der Waals surface area contributed by atoms with Crippen molar-refractivity contribution in [3.05, 3.63) is 58.9 Å². The van der Waals surface area contributed by atoms with Crippen LogP contribution in [0.2, 0.25) is 0 Å². The van der Waals surface area contributed by atoms with Gasteiger partial charge in [0.1, 0.15) is 5.75 Å². The van der Waals surface area contributed by atoms with Gasteiger partial charge in [0.15, 0.2) is 10.6 Å². The van der Waals surface area contributed by atoms with Gasteiger partial charge in [0, 0.05) is 44.7 Å². The smallest absolute Gasteiger partial charge is 0.224 e. The molecule has 8 heteroatoms. The van der Waals surface area contributed by atoms with Crippen LogP contribution in [0.5, 0.6) is 5.75 Å². The number of piperazine rings is 1. The van der Waals surface area contributed by atoms with Gasteiger partial charge in [-0.15, -0.1) is 0 Å². The topological polar surface area (TPSA) is 66.4 Å². The Labute approximate surface area is 193 Å². The zero-order valence-corrected chi connectivity index (χ0v) is 19.4. The summed E-state index contributed by atoms with van der Waals surface area (Å²) in [6.07, 6.45) is 0.391. The summed E-state index contributed by atoms with van der Waals surface area (Å²) in [5, 5.41) is 7.24. The van der Waals surface area contributed by atoms with Crippen molar-refractivity contribution in [2.24, 2.45) is 0 Å². The molecule has 4 rings (SSSR count). The van der Waals surface area contributed by atoms with E-state index >= 15 is 0 Å². The third-order valence-corrected chi connectivity index (χ3v) is 6.07. The Bertz CT molecular complexity index is 1110. The van der Waals surface area contributed by atoms with Gasteiger partial charge in [-0.1, -0.05) is 42.0 Å². The normalized spacial score (nSPS) is 13.9. The van der Waals surface area contributed by atoms with Crippen molar-refractivity contribution in [1.29, 1.82) is 0 Å². The van der Waals surface area contributed by atoms with Crippen molar-refractivity contribution in [2.45, 2.75) is 26.8 Å². The predicted octanol–water partition coefficient (Wildman–Crippen LogP) is 4.05. The molecule has 0 saturated carbocycles. The lowest BCUT2D eigenvalue weighted by atomic mass is 10.1. The Morgan fingerprint density at radius 3 is 2.53 bits per heavy atom. The van der Waals surface area contributed by atoms with Crippen LogP contribution >= 0.6 is 12.2 Å². The maximum Gasteiger partial charge on any atom is 0.224 e. The summed E-state index contributed by atoms with van der Waals surface area (Å²) in [6.45, 7) is 8.15. The molecule has 2 heterocycles. The zero-order valence-electron chi connectivity index (χ0n) is 18.6. The second-order valence-corrected chi connectivity index (χ2v) is 8.28. The van der Waals surface area contributed by atoms with Gasteiger partial charge in [0.05, 0.1) is 12.3 Å². The van der Waals surface area contributed by atoms with Crippen LogP contribution in [0.1, 0.15) is 18.9 Å². The predicted molar refractivity (Wildman–Crippen MR) is 129 cm³/mol. The van der Waals surface area contributed by atoms with Gasteiger partial charge < -0.3 is 14.5 Å². The van der Waals surface area contributed by atoms with Crippen molar-refractivity contribution in [3.8, 4) is 17.1 Å². The number of hydrogen-bond donors (Lipinski definition) is 1. The summed E-state index contributed by atoms with van der Waals surface area (Å²) in [6, 6.07) is 16.2. The quantitative estimate of drug-likeness (QED) is 0.549. The van der Waals surface area contributed by atoms with Crippen LogP contribution in [-0.2, 0) is 11.3 Å². The molecule has 0 spiro atoms. The van der Waals surface area contributed by atoms with Crippen molar-refractivity contribution in [1.82, 2.24) is 19.7 Å². The van der Waals surface area contributed by atoms with Crippen molar-refractivity contribution >= 4 is 23.8 Å². The van der Waals surface area contributed by atoms with E-state index in [-0.39, 0.29) is 5.91 Å². The van der Waals surface area contributed by atoms with E-state index in [4.69, 9.17) is 17.0 Å². The molecule has 1 saturated heterocycles. The fraction of sp³-hybridized carbons (Fsp3) is 0.375. The number of H-pyrrole nitrogens is 1. The molecule has 1 aromatic heterocycles. The average Bonchev–Trinajstić information content (AvgIpc) is 3.19. The maximum absolute atomic E-state index is 12.9. The Hall–Kier alpha value is -3.13. The van der Waals surface area contributed by atoms with Gasteiger partial charge in [-0.3, -0.25) is 14.5 Å². The van der Waals surface area contributed by atoms with Gasteiger partial charge in [0.25, 0.3) is 0 Å². The molecule has 168 valence electrons. The van der Waals surface area contributed by atoms with Gasteiger partial charge >= 0.3 is 0 Å². The van der Waals surface area contributed by atoms with Crippen molar-refractivity contribution < 1.29 is 9.53 Å². The standard InChI is InChI=1S/C24H29N5O2S/c1-3-31-21-7-5-4-6-20(21)27-14-16-28(17-15-27)22(30)12-13-29-23(25-26-24(29)32)19-10-8-18(2)9-11-19/h4-11H,3,12-17H2,1-2H3,(H,26,32). The number of hydrogen-bond acceptors (Lipinski definition) is 5. The average molecular weight is 452 g/mol. The highest BCUT2D eigenvalue weighted by atomic mass is 32.1. The second kappa shape index (κ2) is 9.99. The summed E-state index contributed by atoms with van der Waals surface area (Å²) < 4.78 is 8.21. The van der Waals surface area contributed by atoms with Crippen LogP contribution < -0.4 is 9.64 Å². The minimum absolute atomic E-state index is 0.140. The number of amides is 1. The van der Waals surface area contributed by atoms with Crippen LogP contribution in [0.25, 0.3) is 11.4 Å². The van der Waals surface area contributed by atoms with E-state index < -0.39 is 0 Å². The van der Waals surface area contributed by atoms with E-state index in [1.807, 2.05) is 58.9 Å². The Morgan fingerprint density at radius 1 is 1.09 bits per heavy atom. The molecular weight excluding hydrogens is 422 g/mol. The largest absolute Gasteiger partial charge is 0.492 e. The first-order chi connectivity index (χ1) is 15.6. The lowest BCUT2D eigenvalue weighted by molar-refractivity contribution is -0.131. The highest BCUT2D eigenvalue weighted by Crippen LogP contribution is 2.29. The molecule has 7 nitrogen and oxygen atoms in total. The lowest BCUT2D eigenvalue weighted by Crippen LogP contribution is -2.49. The van der Waals surface area contributed by atoms with Gasteiger partial charge in [-0.05, 0) is 38.2 Å². The minimum Gasteiger partial charge on any atom is -0.492 e. The van der Waals surface area contributed by atoms with Crippen LogP contribution in [0.3, 0.4) is 0 Å². The number of aromatic amines is 1. The number of para-hydroxylation sites is 2. The molecule has 1 amide bonds. The van der Waals surface area contributed by atoms with E-state index in [1.54, 1.807) is 0 Å². The number of carbonyl (C=O) groups excluding carboxylic acids is 1. The number of aryl methyl sites for hydroxylation is 1. The lowest BCUT2D eigenvalue weighted by Gasteiger charge is -2.36. The molecule has 0 aliphatic carbocycles. The Kier molecular flexibility index (Phi) is 6.90. The number of ether oxygens (including phenoxy) is 1. The number of rotatable bonds is 7.